The number of ketones is 1. The molecule has 1 unspecified atom stereocenters. The Kier molecular flexibility index (Phi) is 11.6. The molecule has 4 nitrogen and oxygen atoms in total. The zero-order valence-corrected chi connectivity index (χ0v) is 12.6. The summed E-state index contributed by atoms with van der Waals surface area (Å²) in [6, 6.07) is 0. The summed E-state index contributed by atoms with van der Waals surface area (Å²) in [6.07, 6.45) is 5.00. The second-order valence-electron chi connectivity index (χ2n) is 4.78. The van der Waals surface area contributed by atoms with Crippen molar-refractivity contribution in [1.82, 2.24) is 0 Å². The lowest BCUT2D eigenvalue weighted by Gasteiger charge is -2.14. The summed E-state index contributed by atoms with van der Waals surface area (Å²) in [5.41, 5.74) is 0. The molecule has 0 radical (unpaired) electrons. The standard InChI is InChI=1S/C15H28O4/c1-4-7-8-13(5-2)11-18-12-14(16)9-10-15(17)19-6-3/h13H,4-12H2,1-3H3. The van der Waals surface area contributed by atoms with E-state index >= 15 is 0 Å². The van der Waals surface area contributed by atoms with E-state index in [1.807, 2.05) is 0 Å². The van der Waals surface area contributed by atoms with E-state index in [0.29, 0.717) is 19.1 Å². The fourth-order valence-electron chi connectivity index (χ4n) is 1.78. The second kappa shape index (κ2) is 12.2. The molecule has 0 heterocycles. The van der Waals surface area contributed by atoms with E-state index in [-0.39, 0.29) is 31.2 Å². The third-order valence-electron chi connectivity index (χ3n) is 3.07. The van der Waals surface area contributed by atoms with Crippen molar-refractivity contribution in [3.05, 3.63) is 0 Å². The van der Waals surface area contributed by atoms with Gasteiger partial charge in [-0.25, -0.2) is 0 Å². The van der Waals surface area contributed by atoms with Gasteiger partial charge in [-0.3, -0.25) is 9.59 Å². The van der Waals surface area contributed by atoms with Crippen LogP contribution in [0.25, 0.3) is 0 Å². The minimum absolute atomic E-state index is 0.0293. The number of esters is 1. The third-order valence-corrected chi connectivity index (χ3v) is 3.07. The van der Waals surface area contributed by atoms with Crippen molar-refractivity contribution < 1.29 is 19.1 Å². The van der Waals surface area contributed by atoms with Crippen LogP contribution in [0.1, 0.15) is 59.3 Å². The zero-order valence-electron chi connectivity index (χ0n) is 12.6. The summed E-state index contributed by atoms with van der Waals surface area (Å²) in [5.74, 6) is 0.196. The molecule has 0 aromatic heterocycles. The fraction of sp³-hybridized carbons (Fsp3) is 0.867. The largest absolute Gasteiger partial charge is 0.466 e. The van der Waals surface area contributed by atoms with Crippen LogP contribution in [0, 0.1) is 5.92 Å². The number of carbonyl (C=O) groups excluding carboxylic acids is 2. The number of carbonyl (C=O) groups is 2. The summed E-state index contributed by atoms with van der Waals surface area (Å²) in [4.78, 5) is 22.6. The maximum absolute atomic E-state index is 11.5. The van der Waals surface area contributed by atoms with E-state index in [1.165, 1.54) is 12.8 Å². The molecule has 0 N–H and O–H groups in total. The van der Waals surface area contributed by atoms with E-state index in [2.05, 4.69) is 13.8 Å². The summed E-state index contributed by atoms with van der Waals surface area (Å²) < 4.78 is 10.2. The van der Waals surface area contributed by atoms with E-state index in [4.69, 9.17) is 9.47 Å². The molecule has 0 aliphatic rings. The van der Waals surface area contributed by atoms with Crippen LogP contribution in [0.4, 0.5) is 0 Å². The van der Waals surface area contributed by atoms with Crippen LogP contribution in [-0.2, 0) is 19.1 Å². The van der Waals surface area contributed by atoms with Crippen LogP contribution in [0.3, 0.4) is 0 Å². The summed E-state index contributed by atoms with van der Waals surface area (Å²) in [5, 5.41) is 0. The average molecular weight is 272 g/mol. The highest BCUT2D eigenvalue weighted by Crippen LogP contribution is 2.12. The van der Waals surface area contributed by atoms with Crippen LogP contribution in [0.15, 0.2) is 0 Å². The first-order chi connectivity index (χ1) is 9.13. The van der Waals surface area contributed by atoms with Crippen molar-refractivity contribution in [3.63, 3.8) is 0 Å². The molecule has 0 aliphatic heterocycles. The van der Waals surface area contributed by atoms with Crippen molar-refractivity contribution in [2.75, 3.05) is 19.8 Å². The summed E-state index contributed by atoms with van der Waals surface area (Å²) in [6.45, 7) is 7.19. The number of hydrogen-bond donors (Lipinski definition) is 0. The Balaban J connectivity index is 3.63. The lowest BCUT2D eigenvalue weighted by atomic mass is 10.0. The van der Waals surface area contributed by atoms with Crippen LogP contribution >= 0.6 is 0 Å². The molecule has 19 heavy (non-hydrogen) atoms. The Morgan fingerprint density at radius 2 is 1.84 bits per heavy atom. The van der Waals surface area contributed by atoms with Crippen LogP contribution < -0.4 is 0 Å². The first-order valence-electron chi connectivity index (χ1n) is 7.39. The number of Topliss-reactive ketones (excluding diaryl/α,β-unsaturated/α-hetero) is 1. The Hall–Kier alpha value is -0.900. The minimum atomic E-state index is -0.315. The van der Waals surface area contributed by atoms with E-state index in [0.717, 1.165) is 12.8 Å². The van der Waals surface area contributed by atoms with Gasteiger partial charge in [0.2, 0.25) is 0 Å². The highest BCUT2D eigenvalue weighted by Gasteiger charge is 2.10. The van der Waals surface area contributed by atoms with Crippen molar-refractivity contribution in [3.8, 4) is 0 Å². The van der Waals surface area contributed by atoms with Gasteiger partial charge in [-0.15, -0.1) is 0 Å². The quantitative estimate of drug-likeness (QED) is 0.512. The molecule has 0 amide bonds. The van der Waals surface area contributed by atoms with Gasteiger partial charge in [0.25, 0.3) is 0 Å². The zero-order chi connectivity index (χ0) is 14.5. The molecule has 0 fully saturated rings. The van der Waals surface area contributed by atoms with Gasteiger partial charge >= 0.3 is 5.97 Å². The molecule has 0 aromatic rings. The molecule has 1 atom stereocenters. The Labute approximate surface area is 116 Å². The first kappa shape index (κ1) is 18.1. The van der Waals surface area contributed by atoms with Gasteiger partial charge < -0.3 is 9.47 Å². The van der Waals surface area contributed by atoms with Crippen LogP contribution in [0.2, 0.25) is 0 Å². The van der Waals surface area contributed by atoms with Crippen molar-refractivity contribution in [2.45, 2.75) is 59.3 Å². The van der Waals surface area contributed by atoms with E-state index < -0.39 is 0 Å². The highest BCUT2D eigenvalue weighted by atomic mass is 16.5. The van der Waals surface area contributed by atoms with Crippen molar-refractivity contribution >= 4 is 11.8 Å². The molecule has 0 spiro atoms. The van der Waals surface area contributed by atoms with Gasteiger partial charge in [-0.1, -0.05) is 33.1 Å². The Morgan fingerprint density at radius 1 is 1.11 bits per heavy atom. The molecule has 0 saturated carbocycles. The lowest BCUT2D eigenvalue weighted by molar-refractivity contribution is -0.144. The highest BCUT2D eigenvalue weighted by molar-refractivity contribution is 5.83. The third kappa shape index (κ3) is 10.7. The predicted molar refractivity (Wildman–Crippen MR) is 75.0 cm³/mol. The molecule has 112 valence electrons. The predicted octanol–water partition coefficient (Wildman–Crippen LogP) is 3.13. The minimum Gasteiger partial charge on any atom is -0.466 e. The number of rotatable bonds is 12. The van der Waals surface area contributed by atoms with Gasteiger partial charge in [0.15, 0.2) is 5.78 Å². The second-order valence-corrected chi connectivity index (χ2v) is 4.78. The van der Waals surface area contributed by atoms with Gasteiger partial charge in [-0.2, -0.15) is 0 Å². The molecule has 0 bridgehead atoms. The Morgan fingerprint density at radius 3 is 2.42 bits per heavy atom. The number of hydrogen-bond acceptors (Lipinski definition) is 4. The summed E-state index contributed by atoms with van der Waals surface area (Å²) >= 11 is 0. The first-order valence-corrected chi connectivity index (χ1v) is 7.39. The number of ether oxygens (including phenoxy) is 2. The van der Waals surface area contributed by atoms with E-state index in [9.17, 15) is 9.59 Å². The molecular weight excluding hydrogens is 244 g/mol. The smallest absolute Gasteiger partial charge is 0.306 e. The molecule has 4 heteroatoms. The topological polar surface area (TPSA) is 52.6 Å². The SMILES string of the molecule is CCCCC(CC)COCC(=O)CCC(=O)OCC. The summed E-state index contributed by atoms with van der Waals surface area (Å²) in [7, 11) is 0. The normalized spacial score (nSPS) is 12.2. The average Bonchev–Trinajstić information content (AvgIpc) is 2.40. The fourth-order valence-corrected chi connectivity index (χ4v) is 1.78. The van der Waals surface area contributed by atoms with Gasteiger partial charge in [0.1, 0.15) is 6.61 Å². The lowest BCUT2D eigenvalue weighted by Crippen LogP contribution is -2.16. The number of unbranched alkanes of at least 4 members (excludes halogenated alkanes) is 1. The van der Waals surface area contributed by atoms with Crippen LogP contribution in [-0.4, -0.2) is 31.6 Å². The van der Waals surface area contributed by atoms with Crippen molar-refractivity contribution in [2.24, 2.45) is 5.92 Å². The Bertz CT molecular complexity index is 251. The molecular formula is C15H28O4. The molecule has 0 saturated heterocycles. The van der Waals surface area contributed by atoms with Crippen molar-refractivity contribution in [1.29, 1.82) is 0 Å². The van der Waals surface area contributed by atoms with Crippen LogP contribution in [0.5, 0.6) is 0 Å². The van der Waals surface area contributed by atoms with Gasteiger partial charge in [-0.05, 0) is 19.3 Å². The molecule has 0 aromatic carbocycles. The maximum atomic E-state index is 11.5. The molecule has 0 rings (SSSR count). The maximum Gasteiger partial charge on any atom is 0.306 e. The monoisotopic (exact) mass is 272 g/mol. The van der Waals surface area contributed by atoms with Gasteiger partial charge in [0, 0.05) is 13.0 Å². The van der Waals surface area contributed by atoms with Gasteiger partial charge in [0.05, 0.1) is 13.0 Å². The molecule has 0 aliphatic carbocycles. The van der Waals surface area contributed by atoms with E-state index in [1.54, 1.807) is 6.92 Å².